The fourth-order valence-corrected chi connectivity index (χ4v) is 1.17. The van der Waals surface area contributed by atoms with E-state index >= 15 is 0 Å². The van der Waals surface area contributed by atoms with Crippen molar-refractivity contribution in [2.75, 3.05) is 0 Å². The van der Waals surface area contributed by atoms with E-state index in [2.05, 4.69) is 0 Å². The predicted octanol–water partition coefficient (Wildman–Crippen LogP) is 3.12. The smallest absolute Gasteiger partial charge is 0.281 e. The van der Waals surface area contributed by atoms with Crippen LogP contribution in [0.5, 0.6) is 0 Å². The van der Waals surface area contributed by atoms with Gasteiger partial charge in [-0.15, -0.1) is 0 Å². The zero-order chi connectivity index (χ0) is 10.2. The molecule has 0 spiro atoms. The van der Waals surface area contributed by atoms with Crippen LogP contribution in [-0.2, 0) is 28.3 Å². The molecule has 0 saturated heterocycles. The third-order valence-corrected chi connectivity index (χ3v) is 1.76. The Kier molecular flexibility index (Phi) is 8.02. The zero-order valence-electron chi connectivity index (χ0n) is 8.04. The Balaban J connectivity index is 0.000000280. The first-order valence-corrected chi connectivity index (χ1v) is 4.72. The van der Waals surface area contributed by atoms with Crippen LogP contribution in [0.25, 0.3) is 0 Å². The number of halogens is 1. The van der Waals surface area contributed by atoms with Crippen molar-refractivity contribution in [3.8, 4) is 0 Å². The summed E-state index contributed by atoms with van der Waals surface area (Å²) in [6.07, 6.45) is 0.342. The third-order valence-electron chi connectivity index (χ3n) is 1.63. The van der Waals surface area contributed by atoms with E-state index in [0.717, 1.165) is 5.56 Å². The van der Waals surface area contributed by atoms with E-state index in [0.29, 0.717) is 6.42 Å². The predicted molar refractivity (Wildman–Crippen MR) is 58.6 cm³/mol. The molecule has 80 valence electrons. The van der Waals surface area contributed by atoms with Gasteiger partial charge in [-0.05, 0) is 11.6 Å². The Hall–Kier alpha value is -0.821. The third kappa shape index (κ3) is 7.15. The normalized spacial score (nSPS) is 8.33. The van der Waals surface area contributed by atoms with Gasteiger partial charge in [0, 0.05) is 6.42 Å². The van der Waals surface area contributed by atoms with Gasteiger partial charge in [0.1, 0.15) is 0 Å². The van der Waals surface area contributed by atoms with Crippen LogP contribution in [0, 0.1) is 0 Å². The maximum atomic E-state index is 10.3. The SMILES string of the molecule is O=C(Cl)Cc1ccc[cH-]1.[Fe+2].c1cc[cH-]c1. The molecule has 2 aromatic carbocycles. The van der Waals surface area contributed by atoms with Crippen LogP contribution in [0.3, 0.4) is 0 Å². The topological polar surface area (TPSA) is 17.1 Å². The minimum Gasteiger partial charge on any atom is -0.281 e. The quantitative estimate of drug-likeness (QED) is 0.462. The molecule has 1 nitrogen and oxygen atoms in total. The molecular formula is C12H11ClFeO. The molecule has 0 radical (unpaired) electrons. The summed E-state index contributed by atoms with van der Waals surface area (Å²) < 4.78 is 0. The summed E-state index contributed by atoms with van der Waals surface area (Å²) in [6.45, 7) is 0. The fourth-order valence-electron chi connectivity index (χ4n) is 1.01. The van der Waals surface area contributed by atoms with E-state index in [1.54, 1.807) is 0 Å². The van der Waals surface area contributed by atoms with E-state index in [1.807, 2.05) is 54.6 Å². The molecule has 2 rings (SSSR count). The Morgan fingerprint density at radius 1 is 1.20 bits per heavy atom. The van der Waals surface area contributed by atoms with Crippen molar-refractivity contribution in [3.05, 3.63) is 60.2 Å². The molecule has 0 aliphatic rings. The number of hydrogen-bond acceptors (Lipinski definition) is 1. The maximum Gasteiger partial charge on any atom is 2.00 e. The van der Waals surface area contributed by atoms with Crippen LogP contribution in [0.15, 0.2) is 54.6 Å². The largest absolute Gasteiger partial charge is 2.00 e. The second kappa shape index (κ2) is 8.48. The monoisotopic (exact) mass is 262 g/mol. The average molecular weight is 263 g/mol. The van der Waals surface area contributed by atoms with Gasteiger partial charge in [0.2, 0.25) is 5.24 Å². The summed E-state index contributed by atoms with van der Waals surface area (Å²) in [5.41, 5.74) is 0.981. The molecule has 0 aliphatic heterocycles. The molecule has 0 atom stereocenters. The van der Waals surface area contributed by atoms with E-state index in [1.165, 1.54) is 0 Å². The molecule has 0 fully saturated rings. The minimum absolute atomic E-state index is 0. The van der Waals surface area contributed by atoms with E-state index in [4.69, 9.17) is 11.6 Å². The molecule has 15 heavy (non-hydrogen) atoms. The number of carbonyl (C=O) groups excluding carboxylic acids is 1. The van der Waals surface area contributed by atoms with Gasteiger partial charge in [0.15, 0.2) is 0 Å². The van der Waals surface area contributed by atoms with Crippen LogP contribution < -0.4 is 0 Å². The molecule has 0 amide bonds. The van der Waals surface area contributed by atoms with Crippen LogP contribution in [0.4, 0.5) is 0 Å². The van der Waals surface area contributed by atoms with Gasteiger partial charge < -0.3 is 0 Å². The van der Waals surface area contributed by atoms with E-state index < -0.39 is 0 Å². The molecule has 0 N–H and O–H groups in total. The summed E-state index contributed by atoms with van der Waals surface area (Å²) in [7, 11) is 0. The van der Waals surface area contributed by atoms with Gasteiger partial charge in [0.05, 0.1) is 0 Å². The molecule has 2 aromatic rings. The molecule has 0 saturated carbocycles. The first-order chi connectivity index (χ1) is 6.79. The minimum atomic E-state index is -0.304. The van der Waals surface area contributed by atoms with Crippen molar-refractivity contribution >= 4 is 16.8 Å². The summed E-state index contributed by atoms with van der Waals surface area (Å²) in [5, 5.41) is -0.304. The van der Waals surface area contributed by atoms with E-state index in [9.17, 15) is 4.79 Å². The second-order valence-electron chi connectivity index (χ2n) is 2.79. The summed E-state index contributed by atoms with van der Waals surface area (Å²) >= 11 is 5.13. The first kappa shape index (κ1) is 14.2. The Labute approximate surface area is 105 Å². The Morgan fingerprint density at radius 3 is 2.20 bits per heavy atom. The average Bonchev–Trinajstić information content (AvgIpc) is 2.75. The summed E-state index contributed by atoms with van der Waals surface area (Å²) in [4.78, 5) is 10.3. The van der Waals surface area contributed by atoms with Gasteiger partial charge in [0.25, 0.3) is 0 Å². The van der Waals surface area contributed by atoms with Crippen molar-refractivity contribution in [1.82, 2.24) is 0 Å². The summed E-state index contributed by atoms with van der Waals surface area (Å²) in [5.74, 6) is 0. The van der Waals surface area contributed by atoms with Crippen molar-refractivity contribution in [1.29, 1.82) is 0 Å². The van der Waals surface area contributed by atoms with E-state index in [-0.39, 0.29) is 22.3 Å². The molecule has 0 aromatic heterocycles. The van der Waals surface area contributed by atoms with Crippen LogP contribution in [0.1, 0.15) is 5.56 Å². The van der Waals surface area contributed by atoms with Gasteiger partial charge in [-0.3, -0.25) is 4.79 Å². The van der Waals surface area contributed by atoms with Gasteiger partial charge >= 0.3 is 17.1 Å². The molecule has 0 bridgehead atoms. The second-order valence-corrected chi connectivity index (χ2v) is 3.21. The Bertz CT molecular complexity index is 320. The molecule has 0 heterocycles. The van der Waals surface area contributed by atoms with Crippen molar-refractivity contribution < 1.29 is 21.9 Å². The van der Waals surface area contributed by atoms with Crippen LogP contribution in [-0.4, -0.2) is 5.24 Å². The number of carbonyl (C=O) groups is 1. The molecule has 0 unspecified atom stereocenters. The van der Waals surface area contributed by atoms with Crippen LogP contribution >= 0.6 is 11.6 Å². The maximum absolute atomic E-state index is 10.3. The standard InChI is InChI=1S/C7H6ClO.C5H5.Fe/c8-7(9)5-6-3-1-2-4-6;1-2-4-5-3-1;/h1-4H,5H2;1-5H;/q2*-1;+2. The number of rotatable bonds is 2. The first-order valence-electron chi connectivity index (χ1n) is 4.34. The Morgan fingerprint density at radius 2 is 1.87 bits per heavy atom. The van der Waals surface area contributed by atoms with Crippen LogP contribution in [0.2, 0.25) is 0 Å². The molecular weight excluding hydrogens is 251 g/mol. The molecule has 3 heteroatoms. The summed E-state index contributed by atoms with van der Waals surface area (Å²) in [6, 6.07) is 17.5. The fraction of sp³-hybridized carbons (Fsp3) is 0.0833. The van der Waals surface area contributed by atoms with Crippen molar-refractivity contribution in [3.63, 3.8) is 0 Å². The molecule has 0 aliphatic carbocycles. The van der Waals surface area contributed by atoms with Crippen molar-refractivity contribution in [2.45, 2.75) is 6.42 Å². The van der Waals surface area contributed by atoms with Gasteiger partial charge in [-0.25, -0.2) is 24.3 Å². The zero-order valence-corrected chi connectivity index (χ0v) is 9.90. The number of hydrogen-bond donors (Lipinski definition) is 0. The van der Waals surface area contributed by atoms with Gasteiger partial charge in [-0.2, -0.15) is 35.9 Å². The van der Waals surface area contributed by atoms with Gasteiger partial charge in [-0.1, -0.05) is 0 Å². The van der Waals surface area contributed by atoms with Crippen molar-refractivity contribution in [2.24, 2.45) is 0 Å².